The molecule has 3 N–H and O–H groups in total. The zero-order chi connectivity index (χ0) is 21.9. The molecule has 0 bridgehead atoms. The zero-order valence-corrected chi connectivity index (χ0v) is 21.0. The minimum Gasteiger partial charge on any atom is -0.492 e. The maximum absolute atomic E-state index is 12.4. The molecule has 0 aliphatic heterocycles. The van der Waals surface area contributed by atoms with Gasteiger partial charge in [0.15, 0.2) is 5.11 Å². The Kier molecular flexibility index (Phi) is 10.5. The minimum absolute atomic E-state index is 0.00772. The molecule has 2 aromatic rings. The minimum atomic E-state index is -0.397. The van der Waals surface area contributed by atoms with Gasteiger partial charge in [-0.1, -0.05) is 38.3 Å². The molecule has 0 heterocycles. The molecular formula is C21H23BrIN3O3S. The Labute approximate surface area is 203 Å². The first-order valence-electron chi connectivity index (χ1n) is 9.51. The number of rotatable bonds is 8. The topological polar surface area (TPSA) is 79.5 Å². The molecule has 0 aromatic heterocycles. The number of hydrogen-bond acceptors (Lipinski definition) is 4. The van der Waals surface area contributed by atoms with Crippen molar-refractivity contribution in [3.8, 4) is 5.75 Å². The average Bonchev–Trinajstić information content (AvgIpc) is 2.73. The Morgan fingerprint density at radius 1 is 1.07 bits per heavy atom. The summed E-state index contributed by atoms with van der Waals surface area (Å²) >= 11 is 10.6. The summed E-state index contributed by atoms with van der Waals surface area (Å²) in [5, 5.41) is 2.53. The van der Waals surface area contributed by atoms with Crippen molar-refractivity contribution in [3.63, 3.8) is 0 Å². The van der Waals surface area contributed by atoms with E-state index in [1.807, 2.05) is 12.1 Å². The van der Waals surface area contributed by atoms with E-state index in [-0.39, 0.29) is 11.0 Å². The second-order valence-corrected chi connectivity index (χ2v) is 8.82. The normalized spacial score (nSPS) is 10.2. The summed E-state index contributed by atoms with van der Waals surface area (Å²) < 4.78 is 7.25. The third-order valence-electron chi connectivity index (χ3n) is 4.08. The molecule has 0 unspecified atom stereocenters. The Morgan fingerprint density at radius 2 is 1.83 bits per heavy atom. The van der Waals surface area contributed by atoms with Crippen LogP contribution < -0.4 is 20.9 Å². The van der Waals surface area contributed by atoms with Crippen molar-refractivity contribution in [1.29, 1.82) is 0 Å². The van der Waals surface area contributed by atoms with E-state index in [1.54, 1.807) is 30.3 Å². The van der Waals surface area contributed by atoms with Crippen LogP contribution in [0.25, 0.3) is 0 Å². The van der Waals surface area contributed by atoms with Crippen molar-refractivity contribution >= 4 is 67.7 Å². The van der Waals surface area contributed by atoms with Gasteiger partial charge in [0.05, 0.1) is 16.6 Å². The first kappa shape index (κ1) is 24.5. The molecule has 0 aliphatic rings. The molecule has 0 saturated carbocycles. The van der Waals surface area contributed by atoms with Gasteiger partial charge in [-0.3, -0.25) is 25.8 Å². The number of carbonyl (C=O) groups excluding carboxylic acids is 2. The summed E-state index contributed by atoms with van der Waals surface area (Å²) in [5.74, 6) is -0.0560. The van der Waals surface area contributed by atoms with E-state index in [2.05, 4.69) is 61.6 Å². The van der Waals surface area contributed by atoms with Gasteiger partial charge in [0.25, 0.3) is 11.8 Å². The fourth-order valence-electron chi connectivity index (χ4n) is 2.50. The van der Waals surface area contributed by atoms with E-state index >= 15 is 0 Å². The summed E-state index contributed by atoms with van der Waals surface area (Å²) in [6.45, 7) is 2.80. The molecule has 0 aliphatic carbocycles. The quantitative estimate of drug-likeness (QED) is 0.172. The summed E-state index contributed by atoms with van der Waals surface area (Å²) in [4.78, 5) is 24.6. The molecule has 160 valence electrons. The molecule has 0 radical (unpaired) electrons. The van der Waals surface area contributed by atoms with Crippen molar-refractivity contribution in [3.05, 3.63) is 61.6 Å². The van der Waals surface area contributed by atoms with E-state index in [4.69, 9.17) is 17.0 Å². The number of amides is 2. The fraction of sp³-hybridized carbons (Fsp3) is 0.286. The molecule has 2 rings (SSSR count). The Balaban J connectivity index is 1.83. The lowest BCUT2D eigenvalue weighted by atomic mass is 10.2. The summed E-state index contributed by atoms with van der Waals surface area (Å²) in [5.41, 5.74) is 5.93. The van der Waals surface area contributed by atoms with Gasteiger partial charge >= 0.3 is 0 Å². The van der Waals surface area contributed by atoms with Gasteiger partial charge in [-0.05, 0) is 87.5 Å². The molecule has 2 aromatic carbocycles. The molecule has 2 amide bonds. The van der Waals surface area contributed by atoms with E-state index in [9.17, 15) is 9.59 Å². The van der Waals surface area contributed by atoms with Gasteiger partial charge in [0, 0.05) is 9.13 Å². The van der Waals surface area contributed by atoms with E-state index in [0.717, 1.165) is 16.4 Å². The van der Waals surface area contributed by atoms with Crippen LogP contribution in [-0.2, 0) is 0 Å². The van der Waals surface area contributed by atoms with Crippen molar-refractivity contribution < 1.29 is 14.3 Å². The van der Waals surface area contributed by atoms with Gasteiger partial charge < -0.3 is 4.74 Å². The Hall–Kier alpha value is -1.72. The van der Waals surface area contributed by atoms with Crippen LogP contribution in [0.3, 0.4) is 0 Å². The standard InChI is InChI=1S/C21H23BrIN3O3S/c1-2-3-4-7-12-29-18-11-10-14(13-16(18)22)19(27)24-21(30)26-25-20(28)15-8-5-6-9-17(15)23/h5-6,8-11,13H,2-4,7,12H2,1H3,(H,25,28)(H2,24,26,27,30). The summed E-state index contributed by atoms with van der Waals surface area (Å²) in [6.07, 6.45) is 4.51. The number of unbranched alkanes of at least 4 members (excludes halogenated alkanes) is 3. The van der Waals surface area contributed by atoms with E-state index in [1.165, 1.54) is 12.8 Å². The van der Waals surface area contributed by atoms with Gasteiger partial charge in [0.1, 0.15) is 5.75 Å². The highest BCUT2D eigenvalue weighted by atomic mass is 127. The summed E-state index contributed by atoms with van der Waals surface area (Å²) in [6, 6.07) is 12.2. The number of hydrogen-bond donors (Lipinski definition) is 3. The fourth-order valence-corrected chi connectivity index (χ4v) is 3.77. The number of hydrazine groups is 1. The summed E-state index contributed by atoms with van der Waals surface area (Å²) in [7, 11) is 0. The predicted molar refractivity (Wildman–Crippen MR) is 134 cm³/mol. The Bertz CT molecular complexity index is 911. The lowest BCUT2D eigenvalue weighted by Crippen LogP contribution is -2.48. The maximum atomic E-state index is 12.4. The highest BCUT2D eigenvalue weighted by Gasteiger charge is 2.13. The molecular weight excluding hydrogens is 581 g/mol. The van der Waals surface area contributed by atoms with Crippen LogP contribution in [0.4, 0.5) is 0 Å². The van der Waals surface area contributed by atoms with Crippen LogP contribution in [0, 0.1) is 3.57 Å². The monoisotopic (exact) mass is 603 g/mol. The largest absolute Gasteiger partial charge is 0.492 e. The molecule has 0 spiro atoms. The van der Waals surface area contributed by atoms with E-state index < -0.39 is 5.91 Å². The van der Waals surface area contributed by atoms with E-state index in [0.29, 0.717) is 28.0 Å². The number of halogens is 2. The van der Waals surface area contributed by atoms with Crippen LogP contribution in [0.1, 0.15) is 53.3 Å². The molecule has 9 heteroatoms. The van der Waals surface area contributed by atoms with Crippen LogP contribution in [0.2, 0.25) is 0 Å². The third-order valence-corrected chi connectivity index (χ3v) is 5.85. The van der Waals surface area contributed by atoms with Gasteiger partial charge in [-0.2, -0.15) is 0 Å². The SMILES string of the molecule is CCCCCCOc1ccc(C(=O)NC(=S)NNC(=O)c2ccccc2I)cc1Br. The van der Waals surface area contributed by atoms with Crippen LogP contribution in [-0.4, -0.2) is 23.5 Å². The highest BCUT2D eigenvalue weighted by Crippen LogP contribution is 2.26. The van der Waals surface area contributed by atoms with Gasteiger partial charge in [0.2, 0.25) is 0 Å². The first-order valence-corrected chi connectivity index (χ1v) is 11.8. The van der Waals surface area contributed by atoms with Crippen molar-refractivity contribution in [1.82, 2.24) is 16.2 Å². The van der Waals surface area contributed by atoms with Crippen LogP contribution >= 0.6 is 50.7 Å². The molecule has 0 saturated heterocycles. The number of nitrogens with one attached hydrogen (secondary N) is 3. The van der Waals surface area contributed by atoms with Crippen molar-refractivity contribution in [2.45, 2.75) is 32.6 Å². The zero-order valence-electron chi connectivity index (χ0n) is 16.5. The second-order valence-electron chi connectivity index (χ2n) is 6.40. The Morgan fingerprint density at radius 3 is 2.53 bits per heavy atom. The highest BCUT2D eigenvalue weighted by molar-refractivity contribution is 14.1. The first-order chi connectivity index (χ1) is 14.4. The van der Waals surface area contributed by atoms with Gasteiger partial charge in [-0.15, -0.1) is 0 Å². The van der Waals surface area contributed by atoms with Gasteiger partial charge in [-0.25, -0.2) is 0 Å². The molecule has 0 atom stereocenters. The smallest absolute Gasteiger partial charge is 0.270 e. The predicted octanol–water partition coefficient (Wildman–Crippen LogP) is 4.96. The second kappa shape index (κ2) is 12.9. The van der Waals surface area contributed by atoms with Crippen LogP contribution in [0.5, 0.6) is 5.75 Å². The lowest BCUT2D eigenvalue weighted by Gasteiger charge is -2.12. The number of ether oxygens (including phenoxy) is 1. The number of thiocarbonyl (C=S) groups is 1. The van der Waals surface area contributed by atoms with Crippen LogP contribution in [0.15, 0.2) is 46.9 Å². The lowest BCUT2D eigenvalue weighted by molar-refractivity contribution is 0.0934. The molecule has 0 fully saturated rings. The average molecular weight is 604 g/mol. The third kappa shape index (κ3) is 7.84. The molecule has 6 nitrogen and oxygen atoms in total. The number of benzene rings is 2. The molecule has 30 heavy (non-hydrogen) atoms. The van der Waals surface area contributed by atoms with Crippen molar-refractivity contribution in [2.75, 3.05) is 6.61 Å². The maximum Gasteiger partial charge on any atom is 0.270 e. The van der Waals surface area contributed by atoms with Crippen molar-refractivity contribution in [2.24, 2.45) is 0 Å². The number of carbonyl (C=O) groups is 2.